The summed E-state index contributed by atoms with van der Waals surface area (Å²) in [6, 6.07) is 9.59. The van der Waals surface area contributed by atoms with Crippen LogP contribution < -0.4 is 15.0 Å². The number of hydrogen-bond donors (Lipinski definition) is 1. The maximum absolute atomic E-state index is 13.2. The van der Waals surface area contributed by atoms with Gasteiger partial charge in [0.2, 0.25) is 21.8 Å². The third-order valence-electron chi connectivity index (χ3n) is 6.40. The lowest BCUT2D eigenvalue weighted by Gasteiger charge is -2.26. The Morgan fingerprint density at radius 3 is 2.47 bits per heavy atom. The maximum Gasteiger partial charge on any atom is 0.244 e. The zero-order valence-electron chi connectivity index (χ0n) is 19.4. The predicted molar refractivity (Wildman–Crippen MR) is 131 cm³/mol. The molecule has 34 heavy (non-hydrogen) atoms. The Kier molecular flexibility index (Phi) is 6.63. The van der Waals surface area contributed by atoms with E-state index in [4.69, 9.17) is 16.3 Å². The average molecular weight is 506 g/mol. The van der Waals surface area contributed by atoms with Gasteiger partial charge in [-0.15, -0.1) is 0 Å². The number of nitrogens with zero attached hydrogens (tertiary/aromatic N) is 2. The van der Waals surface area contributed by atoms with Crippen molar-refractivity contribution in [1.82, 2.24) is 4.31 Å². The number of amides is 2. The fourth-order valence-electron chi connectivity index (χ4n) is 4.47. The van der Waals surface area contributed by atoms with Crippen LogP contribution in [0.1, 0.15) is 38.7 Å². The minimum Gasteiger partial charge on any atom is -0.495 e. The summed E-state index contributed by atoms with van der Waals surface area (Å²) < 4.78 is 32.9. The summed E-state index contributed by atoms with van der Waals surface area (Å²) in [7, 11) is -2.14. The van der Waals surface area contributed by atoms with Crippen LogP contribution in [-0.2, 0) is 25.0 Å². The fraction of sp³-hybridized carbons (Fsp3) is 0.417. The van der Waals surface area contributed by atoms with Crippen molar-refractivity contribution in [3.63, 3.8) is 0 Å². The third kappa shape index (κ3) is 4.39. The van der Waals surface area contributed by atoms with Gasteiger partial charge in [-0.25, -0.2) is 8.42 Å². The van der Waals surface area contributed by atoms with Gasteiger partial charge >= 0.3 is 0 Å². The van der Waals surface area contributed by atoms with Gasteiger partial charge < -0.3 is 15.0 Å². The number of halogens is 1. The molecule has 0 bridgehead atoms. The predicted octanol–water partition coefficient (Wildman–Crippen LogP) is 3.79. The number of carbonyl (C=O) groups excluding carboxylic acids is 2. The highest BCUT2D eigenvalue weighted by Gasteiger charge is 2.45. The van der Waals surface area contributed by atoms with E-state index in [2.05, 4.69) is 5.32 Å². The number of anilines is 2. The first kappa shape index (κ1) is 24.5. The van der Waals surface area contributed by atoms with Crippen molar-refractivity contribution in [3.05, 3.63) is 47.0 Å². The third-order valence-corrected chi connectivity index (χ3v) is 8.59. The van der Waals surface area contributed by atoms with Gasteiger partial charge in [-0.05, 0) is 68.7 Å². The molecule has 0 atom stereocenters. The highest BCUT2D eigenvalue weighted by atomic mass is 35.5. The summed E-state index contributed by atoms with van der Waals surface area (Å²) in [4.78, 5) is 27.5. The van der Waals surface area contributed by atoms with Gasteiger partial charge in [0.05, 0.1) is 22.4 Å². The van der Waals surface area contributed by atoms with Crippen molar-refractivity contribution in [2.24, 2.45) is 0 Å². The van der Waals surface area contributed by atoms with Crippen LogP contribution in [0.3, 0.4) is 0 Å². The molecule has 10 heteroatoms. The number of piperidine rings is 1. The number of ether oxygens (including phenoxy) is 1. The molecule has 2 aromatic carbocycles. The number of benzene rings is 2. The van der Waals surface area contributed by atoms with Gasteiger partial charge in [-0.2, -0.15) is 4.31 Å². The van der Waals surface area contributed by atoms with Crippen LogP contribution in [0.2, 0.25) is 5.02 Å². The Morgan fingerprint density at radius 2 is 1.82 bits per heavy atom. The molecular weight excluding hydrogens is 478 g/mol. The van der Waals surface area contributed by atoms with Crippen LogP contribution in [0.25, 0.3) is 0 Å². The van der Waals surface area contributed by atoms with E-state index in [1.165, 1.54) is 22.4 Å². The summed E-state index contributed by atoms with van der Waals surface area (Å²) >= 11 is 6.13. The van der Waals surface area contributed by atoms with E-state index in [9.17, 15) is 18.0 Å². The molecule has 2 aliphatic rings. The lowest BCUT2D eigenvalue weighted by Crippen LogP contribution is -2.40. The molecule has 1 N–H and O–H groups in total. The van der Waals surface area contributed by atoms with E-state index in [1.807, 2.05) is 0 Å². The molecule has 1 fully saturated rings. The Morgan fingerprint density at radius 1 is 1.12 bits per heavy atom. The quantitative estimate of drug-likeness (QED) is 0.644. The number of methoxy groups -OCH3 is 1. The first-order valence-corrected chi connectivity index (χ1v) is 13.0. The van der Waals surface area contributed by atoms with Crippen LogP contribution in [0, 0.1) is 0 Å². The van der Waals surface area contributed by atoms with Gasteiger partial charge in [0.1, 0.15) is 12.3 Å². The zero-order chi connectivity index (χ0) is 24.7. The van der Waals surface area contributed by atoms with Crippen LogP contribution in [-0.4, -0.2) is 51.3 Å². The summed E-state index contributed by atoms with van der Waals surface area (Å²) in [6.45, 7) is 4.28. The number of fused-ring (bicyclic) bond motifs is 1. The first-order valence-electron chi connectivity index (χ1n) is 11.2. The highest BCUT2D eigenvalue weighted by Crippen LogP contribution is 2.43. The fourth-order valence-corrected chi connectivity index (χ4v) is 6.27. The van der Waals surface area contributed by atoms with E-state index in [1.54, 1.807) is 44.2 Å². The van der Waals surface area contributed by atoms with Crippen molar-refractivity contribution in [3.8, 4) is 5.75 Å². The van der Waals surface area contributed by atoms with Crippen LogP contribution in [0.5, 0.6) is 5.75 Å². The van der Waals surface area contributed by atoms with Crippen molar-refractivity contribution in [1.29, 1.82) is 0 Å². The highest BCUT2D eigenvalue weighted by molar-refractivity contribution is 7.89. The summed E-state index contributed by atoms with van der Waals surface area (Å²) in [5, 5.41) is 3.10. The molecule has 4 rings (SSSR count). The molecule has 2 amide bonds. The second-order valence-electron chi connectivity index (χ2n) is 9.06. The molecular formula is C24H28ClN3O5S. The van der Waals surface area contributed by atoms with Gasteiger partial charge in [-0.1, -0.05) is 18.0 Å². The van der Waals surface area contributed by atoms with E-state index in [0.717, 1.165) is 19.3 Å². The smallest absolute Gasteiger partial charge is 0.244 e. The number of hydrogen-bond acceptors (Lipinski definition) is 5. The van der Waals surface area contributed by atoms with Gasteiger partial charge in [0.25, 0.3) is 0 Å². The van der Waals surface area contributed by atoms with Crippen molar-refractivity contribution in [2.75, 3.05) is 37.0 Å². The molecule has 0 unspecified atom stereocenters. The topological polar surface area (TPSA) is 96.0 Å². The minimum absolute atomic E-state index is 0.174. The standard InChI is InChI=1S/C24H28ClN3O5S/c1-24(2)18-14-17(34(31,32)27-11-5-4-6-12-27)8-9-20(18)28(23(24)30)15-22(29)26-16-7-10-21(33-3)19(25)13-16/h7-10,13-14H,4-6,11-12,15H2,1-3H3,(H,26,29). The Bertz CT molecular complexity index is 1240. The summed E-state index contributed by atoms with van der Waals surface area (Å²) in [6.07, 6.45) is 2.71. The number of sulfonamides is 1. The van der Waals surface area contributed by atoms with Crippen LogP contribution >= 0.6 is 11.6 Å². The van der Waals surface area contributed by atoms with Crippen molar-refractivity contribution < 1.29 is 22.7 Å². The van der Waals surface area contributed by atoms with Crippen LogP contribution in [0.4, 0.5) is 11.4 Å². The Labute approximate surface area is 204 Å². The second-order valence-corrected chi connectivity index (χ2v) is 11.4. The minimum atomic E-state index is -3.64. The van der Waals surface area contributed by atoms with E-state index < -0.39 is 21.3 Å². The molecule has 0 radical (unpaired) electrons. The summed E-state index contributed by atoms with van der Waals surface area (Å²) in [5.41, 5.74) is 0.642. The molecule has 2 aromatic rings. The van der Waals surface area contributed by atoms with E-state index in [0.29, 0.717) is 40.8 Å². The molecule has 8 nitrogen and oxygen atoms in total. The molecule has 0 aromatic heterocycles. The maximum atomic E-state index is 13.2. The van der Waals surface area contributed by atoms with Crippen molar-refractivity contribution in [2.45, 2.75) is 43.4 Å². The van der Waals surface area contributed by atoms with E-state index >= 15 is 0 Å². The Balaban J connectivity index is 1.58. The molecule has 0 aliphatic carbocycles. The lowest BCUT2D eigenvalue weighted by molar-refractivity contribution is -0.124. The Hall–Kier alpha value is -2.62. The van der Waals surface area contributed by atoms with Gasteiger partial charge in [0.15, 0.2) is 0 Å². The van der Waals surface area contributed by atoms with Gasteiger partial charge in [0, 0.05) is 24.5 Å². The molecule has 2 aliphatic heterocycles. The van der Waals surface area contributed by atoms with Crippen molar-refractivity contribution >= 4 is 44.8 Å². The van der Waals surface area contributed by atoms with E-state index in [-0.39, 0.29) is 17.3 Å². The van der Waals surface area contributed by atoms with Crippen LogP contribution in [0.15, 0.2) is 41.3 Å². The SMILES string of the molecule is COc1ccc(NC(=O)CN2C(=O)C(C)(C)c3cc(S(=O)(=O)N4CCCCC4)ccc32)cc1Cl. The molecule has 2 heterocycles. The number of rotatable bonds is 6. The number of nitrogens with one attached hydrogen (secondary N) is 1. The molecule has 0 spiro atoms. The van der Waals surface area contributed by atoms with Gasteiger partial charge in [-0.3, -0.25) is 9.59 Å². The lowest BCUT2D eigenvalue weighted by atomic mass is 9.86. The average Bonchev–Trinajstić information content (AvgIpc) is 3.00. The zero-order valence-corrected chi connectivity index (χ0v) is 21.0. The summed E-state index contributed by atoms with van der Waals surface area (Å²) in [5.74, 6) is -0.179. The molecule has 182 valence electrons. The molecule has 0 saturated carbocycles. The first-order chi connectivity index (χ1) is 16.1. The molecule has 1 saturated heterocycles. The number of carbonyl (C=O) groups is 2. The monoisotopic (exact) mass is 505 g/mol. The normalized spacial score (nSPS) is 18.0. The largest absolute Gasteiger partial charge is 0.495 e. The second kappa shape index (κ2) is 9.20.